The van der Waals surface area contributed by atoms with E-state index < -0.39 is 12.2 Å². The highest BCUT2D eigenvalue weighted by Gasteiger charge is 2.18. The summed E-state index contributed by atoms with van der Waals surface area (Å²) in [5, 5.41) is 20.0. The molecule has 0 amide bonds. The van der Waals surface area contributed by atoms with Crippen molar-refractivity contribution in [1.82, 2.24) is 4.98 Å². The highest BCUT2D eigenvalue weighted by molar-refractivity contribution is 6.18. The van der Waals surface area contributed by atoms with Crippen LogP contribution in [0.4, 0.5) is 0 Å². The Balaban J connectivity index is 2.41. The minimum Gasteiger partial charge on any atom is -0.389 e. The molecule has 0 aliphatic heterocycles. The van der Waals surface area contributed by atoms with Crippen LogP contribution in [0.3, 0.4) is 0 Å². The van der Waals surface area contributed by atoms with Gasteiger partial charge in [-0.3, -0.25) is 4.79 Å². The van der Waals surface area contributed by atoms with Gasteiger partial charge in [0.05, 0.1) is 12.0 Å². The molecule has 1 heterocycles. The third kappa shape index (κ3) is 2.20. The third-order valence-corrected chi connectivity index (χ3v) is 3.05. The van der Waals surface area contributed by atoms with Crippen molar-refractivity contribution in [3.8, 4) is 0 Å². The number of aliphatic hydroxyl groups is 2. The Morgan fingerprint density at radius 2 is 2.18 bits per heavy atom. The number of aromatic nitrogens is 1. The van der Waals surface area contributed by atoms with Gasteiger partial charge in [-0.25, -0.2) is 0 Å². The highest BCUT2D eigenvalue weighted by Crippen LogP contribution is 2.24. The second-order valence-electron chi connectivity index (χ2n) is 3.83. The maximum Gasteiger partial charge on any atom is 0.152 e. The van der Waals surface area contributed by atoms with Crippen LogP contribution in [0.25, 0.3) is 10.9 Å². The van der Waals surface area contributed by atoms with Gasteiger partial charge in [0.2, 0.25) is 0 Å². The van der Waals surface area contributed by atoms with Crippen LogP contribution in [0.15, 0.2) is 24.4 Å². The second kappa shape index (κ2) is 4.87. The zero-order chi connectivity index (χ0) is 12.4. The lowest BCUT2D eigenvalue weighted by Gasteiger charge is -2.15. The molecule has 0 fully saturated rings. The van der Waals surface area contributed by atoms with Gasteiger partial charge in [0.15, 0.2) is 6.29 Å². The molecule has 1 aromatic heterocycles. The minimum atomic E-state index is -1.03. The Hall–Kier alpha value is -1.36. The van der Waals surface area contributed by atoms with E-state index >= 15 is 0 Å². The first-order valence-corrected chi connectivity index (χ1v) is 5.69. The van der Waals surface area contributed by atoms with Crippen molar-refractivity contribution in [2.75, 3.05) is 5.88 Å². The number of aromatic amines is 1. The van der Waals surface area contributed by atoms with Crippen LogP contribution in [0.5, 0.6) is 0 Å². The zero-order valence-electron chi connectivity index (χ0n) is 8.93. The first kappa shape index (κ1) is 12.1. The smallest absolute Gasteiger partial charge is 0.152 e. The summed E-state index contributed by atoms with van der Waals surface area (Å²) < 4.78 is 0. The van der Waals surface area contributed by atoms with Crippen molar-refractivity contribution < 1.29 is 15.0 Å². The molecule has 2 unspecified atom stereocenters. The van der Waals surface area contributed by atoms with Gasteiger partial charge in [-0.1, -0.05) is 12.1 Å². The fourth-order valence-electron chi connectivity index (χ4n) is 1.75. The van der Waals surface area contributed by atoms with Gasteiger partial charge >= 0.3 is 0 Å². The molecule has 5 heteroatoms. The molecule has 2 rings (SSSR count). The molecule has 1 aromatic carbocycles. The Morgan fingerprint density at radius 3 is 2.82 bits per heavy atom. The van der Waals surface area contributed by atoms with E-state index in [0.717, 1.165) is 17.2 Å². The van der Waals surface area contributed by atoms with Gasteiger partial charge in [0.25, 0.3) is 0 Å². The monoisotopic (exact) mass is 253 g/mol. The molecule has 90 valence electrons. The number of H-pyrrole nitrogens is 1. The van der Waals surface area contributed by atoms with Gasteiger partial charge in [-0.2, -0.15) is 0 Å². The number of alkyl halides is 1. The molecule has 2 atom stereocenters. The molecular formula is C12H12ClNO3. The number of aldehydes is 1. The Bertz CT molecular complexity index is 538. The summed E-state index contributed by atoms with van der Waals surface area (Å²) in [7, 11) is 0. The molecule has 4 nitrogen and oxygen atoms in total. The van der Waals surface area contributed by atoms with Crippen LogP contribution in [-0.4, -0.2) is 33.5 Å². The van der Waals surface area contributed by atoms with Crippen molar-refractivity contribution in [3.05, 3.63) is 35.5 Å². The molecule has 2 aromatic rings. The lowest BCUT2D eigenvalue weighted by Crippen LogP contribution is -2.19. The van der Waals surface area contributed by atoms with Crippen molar-refractivity contribution >= 4 is 28.8 Å². The van der Waals surface area contributed by atoms with E-state index in [9.17, 15) is 15.0 Å². The van der Waals surface area contributed by atoms with Gasteiger partial charge < -0.3 is 15.2 Å². The fraction of sp³-hybridized carbons (Fsp3) is 0.250. The summed E-state index contributed by atoms with van der Waals surface area (Å²) in [5.41, 5.74) is 1.87. The van der Waals surface area contributed by atoms with E-state index in [0.29, 0.717) is 11.1 Å². The Labute approximate surface area is 103 Å². The summed E-state index contributed by atoms with van der Waals surface area (Å²) in [5.74, 6) is -0.0382. The lowest BCUT2D eigenvalue weighted by atomic mass is 10.0. The number of halogens is 1. The van der Waals surface area contributed by atoms with Gasteiger partial charge in [-0.15, -0.1) is 11.6 Å². The van der Waals surface area contributed by atoms with Crippen molar-refractivity contribution in [2.45, 2.75) is 12.2 Å². The Kier molecular flexibility index (Phi) is 3.47. The largest absolute Gasteiger partial charge is 0.389 e. The average molecular weight is 254 g/mol. The standard InChI is InChI=1S/C12H12ClNO3/c13-4-11(16)12(17)7-1-2-9-8(6-15)5-14-10(9)3-7/h1-3,5-6,11-12,14,16-17H,4H2. The molecular weight excluding hydrogens is 242 g/mol. The van der Waals surface area contributed by atoms with Crippen LogP contribution in [0, 0.1) is 0 Å². The van der Waals surface area contributed by atoms with Crippen molar-refractivity contribution in [2.24, 2.45) is 0 Å². The maximum absolute atomic E-state index is 10.7. The number of aliphatic hydroxyl groups excluding tert-OH is 2. The number of hydrogen-bond acceptors (Lipinski definition) is 3. The molecule has 0 saturated carbocycles. The van der Waals surface area contributed by atoms with Crippen molar-refractivity contribution in [1.29, 1.82) is 0 Å². The predicted molar refractivity (Wildman–Crippen MR) is 65.4 cm³/mol. The average Bonchev–Trinajstić information content (AvgIpc) is 2.78. The first-order valence-electron chi connectivity index (χ1n) is 5.15. The number of carbonyl (C=O) groups is 1. The first-order chi connectivity index (χ1) is 8.17. The number of rotatable bonds is 4. The summed E-state index contributed by atoms with van der Waals surface area (Å²) in [6.07, 6.45) is 0.337. The molecule has 0 saturated heterocycles. The topological polar surface area (TPSA) is 73.3 Å². The molecule has 0 spiro atoms. The summed E-state index contributed by atoms with van der Waals surface area (Å²) in [6, 6.07) is 5.10. The zero-order valence-corrected chi connectivity index (χ0v) is 9.69. The Morgan fingerprint density at radius 1 is 1.41 bits per heavy atom. The SMILES string of the molecule is O=Cc1c[nH]c2cc(C(O)C(O)CCl)ccc12. The number of fused-ring (bicyclic) bond motifs is 1. The van der Waals surface area contributed by atoms with Crippen LogP contribution in [-0.2, 0) is 0 Å². The van der Waals surface area contributed by atoms with E-state index in [-0.39, 0.29) is 5.88 Å². The third-order valence-electron chi connectivity index (χ3n) is 2.73. The molecule has 0 radical (unpaired) electrons. The van der Waals surface area contributed by atoms with Gasteiger partial charge in [-0.05, 0) is 11.6 Å². The van der Waals surface area contributed by atoms with Gasteiger partial charge in [0.1, 0.15) is 6.10 Å². The number of carbonyl (C=O) groups excluding carboxylic acids is 1. The maximum atomic E-state index is 10.7. The highest BCUT2D eigenvalue weighted by atomic mass is 35.5. The van der Waals surface area contributed by atoms with E-state index in [1.54, 1.807) is 24.4 Å². The van der Waals surface area contributed by atoms with Crippen LogP contribution in [0.1, 0.15) is 22.0 Å². The lowest BCUT2D eigenvalue weighted by molar-refractivity contribution is 0.0328. The molecule has 17 heavy (non-hydrogen) atoms. The molecule has 0 aliphatic rings. The van der Waals surface area contributed by atoms with E-state index in [2.05, 4.69) is 4.98 Å². The fourth-order valence-corrected chi connectivity index (χ4v) is 1.92. The summed E-state index contributed by atoms with van der Waals surface area (Å²) >= 11 is 5.48. The second-order valence-corrected chi connectivity index (χ2v) is 4.14. The normalized spacial score (nSPS) is 14.8. The van der Waals surface area contributed by atoms with Crippen LogP contribution >= 0.6 is 11.6 Å². The molecule has 3 N–H and O–H groups in total. The molecule has 0 bridgehead atoms. The summed E-state index contributed by atoms with van der Waals surface area (Å²) in [4.78, 5) is 13.7. The van der Waals surface area contributed by atoms with Crippen LogP contribution in [0.2, 0.25) is 0 Å². The summed E-state index contributed by atoms with van der Waals surface area (Å²) in [6.45, 7) is 0. The van der Waals surface area contributed by atoms with Crippen molar-refractivity contribution in [3.63, 3.8) is 0 Å². The quantitative estimate of drug-likeness (QED) is 0.573. The van der Waals surface area contributed by atoms with E-state index in [1.165, 1.54) is 0 Å². The number of benzene rings is 1. The van der Waals surface area contributed by atoms with E-state index in [1.807, 2.05) is 0 Å². The predicted octanol–water partition coefficient (Wildman–Crippen LogP) is 1.61. The van der Waals surface area contributed by atoms with Gasteiger partial charge in [0, 0.05) is 22.7 Å². The minimum absolute atomic E-state index is 0.0382. The number of nitrogens with one attached hydrogen (secondary N) is 1. The van der Waals surface area contributed by atoms with E-state index in [4.69, 9.17) is 11.6 Å². The molecule has 0 aliphatic carbocycles. The van der Waals surface area contributed by atoms with Crippen LogP contribution < -0.4 is 0 Å². The number of hydrogen-bond donors (Lipinski definition) is 3.